The highest BCUT2D eigenvalue weighted by Gasteiger charge is 2.06. The first-order valence-corrected chi connectivity index (χ1v) is 4.60. The topological polar surface area (TPSA) is 49.8 Å². The van der Waals surface area contributed by atoms with Crippen LogP contribution in [0.15, 0.2) is 21.9 Å². The van der Waals surface area contributed by atoms with E-state index in [2.05, 4.69) is 4.98 Å². The highest BCUT2D eigenvalue weighted by atomic mass is 32.1. The van der Waals surface area contributed by atoms with E-state index in [4.69, 9.17) is 9.68 Å². The van der Waals surface area contributed by atoms with Crippen molar-refractivity contribution in [3.63, 3.8) is 0 Å². The molecule has 2 heterocycles. The fourth-order valence-electron chi connectivity index (χ4n) is 1.01. The standard InChI is InChI=1S/C9H6N2OS/c1-6-2-3-8(12-6)7-5-13-9(4-10)11-7/h2-3,5H,1H3. The molecule has 2 aromatic rings. The van der Waals surface area contributed by atoms with Gasteiger partial charge in [-0.1, -0.05) is 0 Å². The van der Waals surface area contributed by atoms with Crippen LogP contribution in [-0.4, -0.2) is 4.98 Å². The maximum atomic E-state index is 8.57. The number of furan rings is 1. The summed E-state index contributed by atoms with van der Waals surface area (Å²) in [5, 5.41) is 10.8. The van der Waals surface area contributed by atoms with Gasteiger partial charge in [-0.3, -0.25) is 0 Å². The van der Waals surface area contributed by atoms with Gasteiger partial charge in [0, 0.05) is 5.38 Å². The number of aryl methyl sites for hydroxylation is 1. The minimum atomic E-state index is 0.462. The largest absolute Gasteiger partial charge is 0.460 e. The second kappa shape index (κ2) is 3.04. The van der Waals surface area contributed by atoms with Crippen molar-refractivity contribution < 1.29 is 4.42 Å². The molecule has 0 aliphatic carbocycles. The monoisotopic (exact) mass is 190 g/mol. The van der Waals surface area contributed by atoms with Crippen LogP contribution in [0.25, 0.3) is 11.5 Å². The van der Waals surface area contributed by atoms with Gasteiger partial charge in [-0.25, -0.2) is 4.98 Å². The minimum Gasteiger partial charge on any atom is -0.460 e. The van der Waals surface area contributed by atoms with Crippen LogP contribution in [0.3, 0.4) is 0 Å². The summed E-state index contributed by atoms with van der Waals surface area (Å²) < 4.78 is 5.36. The van der Waals surface area contributed by atoms with Crippen molar-refractivity contribution in [1.82, 2.24) is 4.98 Å². The summed E-state index contributed by atoms with van der Waals surface area (Å²) in [7, 11) is 0. The molecule has 0 unspecified atom stereocenters. The Hall–Kier alpha value is -1.60. The molecule has 0 aromatic carbocycles. The summed E-state index contributed by atoms with van der Waals surface area (Å²) in [6.07, 6.45) is 0. The van der Waals surface area contributed by atoms with E-state index >= 15 is 0 Å². The maximum Gasteiger partial charge on any atom is 0.195 e. The molecule has 13 heavy (non-hydrogen) atoms. The lowest BCUT2D eigenvalue weighted by atomic mass is 10.4. The van der Waals surface area contributed by atoms with Crippen molar-refractivity contribution in [2.75, 3.05) is 0 Å². The molecule has 0 amide bonds. The van der Waals surface area contributed by atoms with Crippen molar-refractivity contribution in [2.45, 2.75) is 6.92 Å². The Morgan fingerprint density at radius 3 is 2.92 bits per heavy atom. The van der Waals surface area contributed by atoms with Crippen LogP contribution < -0.4 is 0 Å². The first-order valence-electron chi connectivity index (χ1n) is 3.72. The molecule has 64 valence electrons. The fraction of sp³-hybridized carbons (Fsp3) is 0.111. The van der Waals surface area contributed by atoms with E-state index in [1.54, 1.807) is 0 Å². The summed E-state index contributed by atoms with van der Waals surface area (Å²) in [6, 6.07) is 5.72. The average molecular weight is 190 g/mol. The molecule has 0 fully saturated rings. The second-order valence-corrected chi connectivity index (χ2v) is 3.42. The lowest BCUT2D eigenvalue weighted by molar-refractivity contribution is 0.547. The summed E-state index contributed by atoms with van der Waals surface area (Å²) in [4.78, 5) is 4.08. The van der Waals surface area contributed by atoms with E-state index < -0.39 is 0 Å². The van der Waals surface area contributed by atoms with E-state index in [0.717, 1.165) is 17.2 Å². The lowest BCUT2D eigenvalue weighted by Crippen LogP contribution is -1.73. The number of hydrogen-bond donors (Lipinski definition) is 0. The molecule has 0 bridgehead atoms. The van der Waals surface area contributed by atoms with Crippen molar-refractivity contribution in [2.24, 2.45) is 0 Å². The Kier molecular flexibility index (Phi) is 1.87. The van der Waals surface area contributed by atoms with Crippen molar-refractivity contribution in [3.05, 3.63) is 28.3 Å². The Bertz CT molecular complexity index is 464. The maximum absolute atomic E-state index is 8.57. The molecule has 2 rings (SSSR count). The minimum absolute atomic E-state index is 0.462. The van der Waals surface area contributed by atoms with Crippen LogP contribution in [0.2, 0.25) is 0 Å². The molecular formula is C9H6N2OS. The van der Waals surface area contributed by atoms with Crippen LogP contribution in [0.4, 0.5) is 0 Å². The molecule has 0 saturated heterocycles. The van der Waals surface area contributed by atoms with Gasteiger partial charge in [-0.2, -0.15) is 5.26 Å². The smallest absolute Gasteiger partial charge is 0.195 e. The molecule has 4 heteroatoms. The fourth-order valence-corrected chi connectivity index (χ4v) is 1.61. The summed E-state index contributed by atoms with van der Waals surface area (Å²) in [6.45, 7) is 1.88. The predicted octanol–water partition coefficient (Wildman–Crippen LogP) is 2.58. The Labute approximate surface area is 79.3 Å². The first-order chi connectivity index (χ1) is 6.29. The van der Waals surface area contributed by atoms with Gasteiger partial charge in [-0.05, 0) is 19.1 Å². The molecule has 0 aliphatic rings. The third-order valence-corrected chi connectivity index (χ3v) is 2.34. The number of nitrogens with zero attached hydrogens (tertiary/aromatic N) is 2. The van der Waals surface area contributed by atoms with Crippen molar-refractivity contribution >= 4 is 11.3 Å². The van der Waals surface area contributed by atoms with Gasteiger partial charge in [-0.15, -0.1) is 11.3 Å². The van der Waals surface area contributed by atoms with Crippen LogP contribution in [-0.2, 0) is 0 Å². The molecular weight excluding hydrogens is 184 g/mol. The Balaban J connectivity index is 2.42. The Morgan fingerprint density at radius 2 is 2.38 bits per heavy atom. The predicted molar refractivity (Wildman–Crippen MR) is 49.3 cm³/mol. The van der Waals surface area contributed by atoms with E-state index in [1.165, 1.54) is 11.3 Å². The molecule has 0 spiro atoms. The highest BCUT2D eigenvalue weighted by molar-refractivity contribution is 7.10. The van der Waals surface area contributed by atoms with Gasteiger partial charge in [0.05, 0.1) is 0 Å². The van der Waals surface area contributed by atoms with Crippen molar-refractivity contribution in [3.8, 4) is 17.5 Å². The first kappa shape index (κ1) is 8.02. The molecule has 0 saturated carbocycles. The number of hydrogen-bond acceptors (Lipinski definition) is 4. The van der Waals surface area contributed by atoms with Gasteiger partial charge in [0.1, 0.15) is 17.5 Å². The zero-order valence-electron chi connectivity index (χ0n) is 6.94. The lowest BCUT2D eigenvalue weighted by Gasteiger charge is -1.86. The van der Waals surface area contributed by atoms with Gasteiger partial charge >= 0.3 is 0 Å². The average Bonchev–Trinajstić information content (AvgIpc) is 2.71. The second-order valence-electron chi connectivity index (χ2n) is 2.56. The van der Waals surface area contributed by atoms with Crippen LogP contribution >= 0.6 is 11.3 Å². The third-order valence-electron chi connectivity index (χ3n) is 1.59. The zero-order valence-corrected chi connectivity index (χ0v) is 7.76. The van der Waals surface area contributed by atoms with Crippen LogP contribution in [0, 0.1) is 18.3 Å². The molecule has 0 atom stereocenters. The summed E-state index contributed by atoms with van der Waals surface area (Å²) in [5.74, 6) is 1.57. The van der Waals surface area contributed by atoms with Gasteiger partial charge < -0.3 is 4.42 Å². The van der Waals surface area contributed by atoms with Gasteiger partial charge in [0.25, 0.3) is 0 Å². The third kappa shape index (κ3) is 1.46. The molecule has 0 N–H and O–H groups in total. The summed E-state index contributed by atoms with van der Waals surface area (Å²) in [5.41, 5.74) is 0.731. The number of rotatable bonds is 1. The van der Waals surface area contributed by atoms with E-state index in [0.29, 0.717) is 5.01 Å². The molecule has 2 aromatic heterocycles. The molecule has 3 nitrogen and oxygen atoms in total. The molecule has 0 aliphatic heterocycles. The molecule has 0 radical (unpaired) electrons. The van der Waals surface area contributed by atoms with Gasteiger partial charge in [0.15, 0.2) is 10.8 Å². The quantitative estimate of drug-likeness (QED) is 0.694. The van der Waals surface area contributed by atoms with E-state index in [9.17, 15) is 0 Å². The van der Waals surface area contributed by atoms with Gasteiger partial charge in [0.2, 0.25) is 0 Å². The van der Waals surface area contributed by atoms with Crippen LogP contribution in [0.1, 0.15) is 10.8 Å². The van der Waals surface area contributed by atoms with Crippen LogP contribution in [0.5, 0.6) is 0 Å². The summed E-state index contributed by atoms with van der Waals surface area (Å²) >= 11 is 1.32. The zero-order chi connectivity index (χ0) is 9.26. The Morgan fingerprint density at radius 1 is 1.54 bits per heavy atom. The number of thiazole rings is 1. The van der Waals surface area contributed by atoms with E-state index in [-0.39, 0.29) is 0 Å². The normalized spacial score (nSPS) is 9.85. The highest BCUT2D eigenvalue weighted by Crippen LogP contribution is 2.23. The number of nitriles is 1. The van der Waals surface area contributed by atoms with Crippen molar-refractivity contribution in [1.29, 1.82) is 5.26 Å². The number of aromatic nitrogens is 1. The van der Waals surface area contributed by atoms with E-state index in [1.807, 2.05) is 30.5 Å². The SMILES string of the molecule is Cc1ccc(-c2csc(C#N)n2)o1.